The summed E-state index contributed by atoms with van der Waals surface area (Å²) in [5, 5.41) is 3.82. The van der Waals surface area contributed by atoms with Crippen molar-refractivity contribution < 1.29 is 33.5 Å². The summed E-state index contributed by atoms with van der Waals surface area (Å²) >= 11 is 6.21. The maximum absolute atomic E-state index is 8.49. The van der Waals surface area contributed by atoms with Crippen molar-refractivity contribution in [2.75, 3.05) is 19.4 Å². The van der Waals surface area contributed by atoms with Crippen molar-refractivity contribution in [2.24, 2.45) is 4.99 Å². The van der Waals surface area contributed by atoms with E-state index in [1.54, 1.807) is 4.58 Å². The number of hydrogen-bond donors (Lipinski definition) is 1. The highest BCUT2D eigenvalue weighted by molar-refractivity contribution is 6.64. The second-order valence-corrected chi connectivity index (χ2v) is 6.91. The molecule has 0 amide bonds. The standard InChI is InChI=1S/C18H20ClN3.ClHO4/c1-13-10-11-16(14(2)12-13)20-17(21-18(19)22(3)4)15-8-6-5-7-9-15;2-1(3,4)5/h5-12H,1-4H3;(H,2,3,4,5). The van der Waals surface area contributed by atoms with E-state index >= 15 is 0 Å². The molecule has 1 N–H and O–H groups in total. The highest BCUT2D eigenvalue weighted by Gasteiger charge is 2.14. The van der Waals surface area contributed by atoms with E-state index in [9.17, 15) is 0 Å². The Bertz CT molecular complexity index is 809. The van der Waals surface area contributed by atoms with Gasteiger partial charge in [0, 0.05) is 22.9 Å². The third kappa shape index (κ3) is 9.48. The van der Waals surface area contributed by atoms with Gasteiger partial charge in [-0.2, -0.15) is 0 Å². The van der Waals surface area contributed by atoms with Gasteiger partial charge in [0.2, 0.25) is 0 Å². The van der Waals surface area contributed by atoms with Gasteiger partial charge in [0.25, 0.3) is 5.84 Å². The molecule has 0 aliphatic carbocycles. The van der Waals surface area contributed by atoms with E-state index in [-0.39, 0.29) is 0 Å². The minimum atomic E-state index is -4.94. The van der Waals surface area contributed by atoms with Crippen LogP contribution in [0.3, 0.4) is 0 Å². The number of anilines is 1. The Hall–Kier alpha value is -2.00. The van der Waals surface area contributed by atoms with E-state index in [2.05, 4.69) is 42.4 Å². The number of halogens is 2. The Morgan fingerprint density at radius 2 is 1.56 bits per heavy atom. The van der Waals surface area contributed by atoms with E-state index < -0.39 is 10.2 Å². The number of aliphatic imine (C=N–C) groups is 1. The lowest BCUT2D eigenvalue weighted by Gasteiger charge is -2.17. The summed E-state index contributed by atoms with van der Waals surface area (Å²) in [5.41, 5.74) is 4.42. The lowest BCUT2D eigenvalue weighted by molar-refractivity contribution is -2.00. The second-order valence-electron chi connectivity index (χ2n) is 5.81. The number of nitrogens with one attached hydrogen (secondary N) is 1. The van der Waals surface area contributed by atoms with Crippen LogP contribution in [0.1, 0.15) is 16.7 Å². The number of benzene rings is 2. The zero-order valence-electron chi connectivity index (χ0n) is 15.4. The molecule has 0 aromatic heterocycles. The van der Waals surface area contributed by atoms with Crippen molar-refractivity contribution in [1.82, 2.24) is 0 Å². The van der Waals surface area contributed by atoms with Crippen LogP contribution in [-0.4, -0.2) is 29.8 Å². The number of aryl methyl sites for hydroxylation is 2. The van der Waals surface area contributed by atoms with Gasteiger partial charge in [-0.3, -0.25) is 4.58 Å². The maximum atomic E-state index is 8.49. The smallest absolute Gasteiger partial charge is 0.318 e. The molecule has 146 valence electrons. The first-order chi connectivity index (χ1) is 12.5. The molecule has 2 aromatic rings. The molecule has 7 nitrogen and oxygen atoms in total. The van der Waals surface area contributed by atoms with Crippen molar-refractivity contribution >= 4 is 28.4 Å². The molecule has 0 bridgehead atoms. The molecule has 2 rings (SSSR count). The van der Waals surface area contributed by atoms with Crippen molar-refractivity contribution in [3.8, 4) is 0 Å². The van der Waals surface area contributed by atoms with Crippen molar-refractivity contribution in [3.63, 3.8) is 0 Å². The van der Waals surface area contributed by atoms with E-state index in [4.69, 9.17) is 30.2 Å². The van der Waals surface area contributed by atoms with Crippen LogP contribution in [0.15, 0.2) is 53.5 Å². The minimum absolute atomic E-state index is 0.427. The summed E-state index contributed by atoms with van der Waals surface area (Å²) in [7, 11) is -1.21. The molecule has 0 radical (unpaired) electrons. The predicted octanol–water partition coefficient (Wildman–Crippen LogP) is -0.727. The van der Waals surface area contributed by atoms with Crippen molar-refractivity contribution in [3.05, 3.63) is 65.2 Å². The third-order valence-corrected chi connectivity index (χ3v) is 3.68. The van der Waals surface area contributed by atoms with Gasteiger partial charge in [-0.05, 0) is 42.6 Å². The highest BCUT2D eigenvalue weighted by atomic mass is 35.7. The molecule has 0 aliphatic heterocycles. The number of nitrogens with zero attached hydrogens (tertiary/aromatic N) is 2. The topological polar surface area (TPSA) is 120 Å². The molecule has 0 unspecified atom stereocenters. The minimum Gasteiger partial charge on any atom is -0.318 e. The zero-order valence-corrected chi connectivity index (χ0v) is 16.9. The van der Waals surface area contributed by atoms with Gasteiger partial charge in [0.15, 0.2) is 0 Å². The average Bonchev–Trinajstić information content (AvgIpc) is 2.55. The van der Waals surface area contributed by atoms with Gasteiger partial charge in [-0.15, -0.1) is 10.2 Å². The van der Waals surface area contributed by atoms with Crippen LogP contribution in [0, 0.1) is 24.1 Å². The fourth-order valence-electron chi connectivity index (χ4n) is 2.03. The van der Waals surface area contributed by atoms with Crippen molar-refractivity contribution in [2.45, 2.75) is 13.8 Å². The van der Waals surface area contributed by atoms with E-state index in [1.165, 1.54) is 11.1 Å². The Balaban J connectivity index is 0.000000646. The monoisotopic (exact) mass is 413 g/mol. The van der Waals surface area contributed by atoms with Gasteiger partial charge in [-0.1, -0.05) is 35.9 Å². The molecule has 0 aliphatic rings. The molecule has 0 fully saturated rings. The Kier molecular flexibility index (Phi) is 8.84. The van der Waals surface area contributed by atoms with Crippen LogP contribution in [0.5, 0.6) is 0 Å². The average molecular weight is 414 g/mol. The molecule has 0 heterocycles. The third-order valence-electron chi connectivity index (χ3n) is 3.26. The molecule has 0 atom stereocenters. The summed E-state index contributed by atoms with van der Waals surface area (Å²) in [6.07, 6.45) is 0. The SMILES string of the molecule is Cc1ccc(N/C(=N\C(Cl)=[N+](C)C)c2ccccc2)c(C)c1.[O-][Cl+3]([O-])([O-])[O-]. The van der Waals surface area contributed by atoms with Gasteiger partial charge >= 0.3 is 5.29 Å². The van der Waals surface area contributed by atoms with Crippen LogP contribution < -0.4 is 24.0 Å². The molecule has 0 spiro atoms. The van der Waals surface area contributed by atoms with Crippen LogP contribution >= 0.6 is 11.6 Å². The normalized spacial score (nSPS) is 11.4. The second kappa shape index (κ2) is 10.4. The number of hydrogen-bond acceptors (Lipinski definition) is 4. The highest BCUT2D eigenvalue weighted by Crippen LogP contribution is 2.17. The first kappa shape index (κ1) is 23.0. The van der Waals surface area contributed by atoms with Crippen molar-refractivity contribution in [1.29, 1.82) is 0 Å². The van der Waals surface area contributed by atoms with E-state index in [1.807, 2.05) is 44.4 Å². The lowest BCUT2D eigenvalue weighted by Crippen LogP contribution is -2.68. The van der Waals surface area contributed by atoms with Crippen LogP contribution in [-0.2, 0) is 0 Å². The van der Waals surface area contributed by atoms with E-state index in [0.717, 1.165) is 17.1 Å². The zero-order chi connectivity index (χ0) is 20.6. The molecular weight excluding hydrogens is 393 g/mol. The van der Waals surface area contributed by atoms with E-state index in [0.29, 0.717) is 5.29 Å². The first-order valence-corrected chi connectivity index (χ1v) is 9.38. The number of amidine groups is 2. The van der Waals surface area contributed by atoms with Gasteiger partial charge < -0.3 is 5.32 Å². The molecule has 0 saturated carbocycles. The molecule has 0 saturated heterocycles. The fourth-order valence-corrected chi connectivity index (χ4v) is 2.12. The largest absolute Gasteiger partial charge is 0.393 e. The molecular formula is C18H21Cl2N3O4. The summed E-state index contributed by atoms with van der Waals surface area (Å²) in [6.45, 7) is 4.16. The summed E-state index contributed by atoms with van der Waals surface area (Å²) in [6, 6.07) is 16.3. The fraction of sp³-hybridized carbons (Fsp3) is 0.222. The Labute approximate surface area is 165 Å². The van der Waals surface area contributed by atoms with Crippen LogP contribution in [0.2, 0.25) is 0 Å². The van der Waals surface area contributed by atoms with Gasteiger partial charge in [0.05, 0.1) is 14.1 Å². The first-order valence-electron chi connectivity index (χ1n) is 7.77. The number of rotatable bonds is 2. The Morgan fingerprint density at radius 1 is 1.00 bits per heavy atom. The maximum Gasteiger partial charge on any atom is 0.393 e. The predicted molar refractivity (Wildman–Crippen MR) is 95.5 cm³/mol. The lowest BCUT2D eigenvalue weighted by atomic mass is 10.1. The van der Waals surface area contributed by atoms with Gasteiger partial charge in [-0.25, -0.2) is 18.6 Å². The molecule has 27 heavy (non-hydrogen) atoms. The van der Waals surface area contributed by atoms with Crippen LogP contribution in [0.25, 0.3) is 0 Å². The molecule has 2 aromatic carbocycles. The summed E-state index contributed by atoms with van der Waals surface area (Å²) < 4.78 is 35.7. The summed E-state index contributed by atoms with van der Waals surface area (Å²) in [4.78, 5) is 4.52. The summed E-state index contributed by atoms with van der Waals surface area (Å²) in [5.74, 6) is 0.728. The Morgan fingerprint density at radius 3 is 2.04 bits per heavy atom. The van der Waals surface area contributed by atoms with Gasteiger partial charge in [0.1, 0.15) is 0 Å². The quantitative estimate of drug-likeness (QED) is 0.301. The molecule has 9 heteroatoms. The van der Waals surface area contributed by atoms with Crippen LogP contribution in [0.4, 0.5) is 5.69 Å².